The minimum Gasteiger partial charge on any atom is -0.507 e. The number of fused-ring (bicyclic) bond motifs is 1. The molecule has 0 aliphatic carbocycles. The van der Waals surface area contributed by atoms with Crippen LogP contribution < -0.4 is 5.43 Å². The maximum atomic E-state index is 13.8. The minimum atomic E-state index is -3.67. The number of hydrogen-bond donors (Lipinski definition) is 4. The molecule has 0 amide bonds. The summed E-state index contributed by atoms with van der Waals surface area (Å²) in [6.07, 6.45) is 1.35. The van der Waals surface area contributed by atoms with Crippen molar-refractivity contribution in [3.63, 3.8) is 0 Å². The lowest BCUT2D eigenvalue weighted by Crippen LogP contribution is -2.32. The van der Waals surface area contributed by atoms with Gasteiger partial charge in [-0.1, -0.05) is 15.9 Å². The van der Waals surface area contributed by atoms with Crippen LogP contribution >= 0.6 is 15.9 Å². The third-order valence-corrected chi connectivity index (χ3v) is 6.26. The van der Waals surface area contributed by atoms with Crippen molar-refractivity contribution < 1.29 is 37.1 Å². The molecule has 4 rings (SSSR count). The number of halogens is 2. The number of hydrogen-bond acceptors (Lipinski definition) is 8. The molecule has 1 fully saturated rings. The van der Waals surface area contributed by atoms with E-state index in [0.717, 1.165) is 6.07 Å². The van der Waals surface area contributed by atoms with Crippen LogP contribution in [0.4, 0.5) is 4.39 Å². The Labute approximate surface area is 202 Å². The molecule has 9 nitrogen and oxygen atoms in total. The third-order valence-electron chi connectivity index (χ3n) is 5.57. The van der Waals surface area contributed by atoms with Gasteiger partial charge in [0.1, 0.15) is 34.0 Å². The number of likely N-dealkylation sites (N-methyl/N-ethyl adjacent to an activating group) is 1. The maximum Gasteiger partial charge on any atom is 0.261 e. The van der Waals surface area contributed by atoms with Gasteiger partial charge in [-0.05, 0) is 38.2 Å². The second-order valence-corrected chi connectivity index (χ2v) is 10.3. The zero-order chi connectivity index (χ0) is 25.4. The van der Waals surface area contributed by atoms with E-state index in [1.807, 2.05) is 11.9 Å². The lowest BCUT2D eigenvalue weighted by molar-refractivity contribution is 0.172. The molecule has 184 valence electrons. The largest absolute Gasteiger partial charge is 0.507 e. The van der Waals surface area contributed by atoms with Crippen LogP contribution in [0, 0.1) is 5.82 Å². The van der Waals surface area contributed by atoms with Crippen molar-refractivity contribution in [1.82, 2.24) is 4.90 Å². The molecule has 4 N–H and O–H groups in total. The van der Waals surface area contributed by atoms with E-state index in [1.54, 1.807) is 0 Å². The Hall–Kier alpha value is -2.51. The Morgan fingerprint density at radius 2 is 1.85 bits per heavy atom. The molecule has 1 aliphatic heterocycles. The number of aliphatic hydroxyl groups is 1. The SMILES string of the molecule is CN1CC[C@@H](c2c(O)cc(O)c3c(=O)cc(-c4cc(F)ccc4Br)oc23)[C@@H]1CO.CS(=O)(=O)O. The molecule has 34 heavy (non-hydrogen) atoms. The van der Waals surface area contributed by atoms with Gasteiger partial charge in [-0.15, -0.1) is 0 Å². The molecule has 1 saturated heterocycles. The van der Waals surface area contributed by atoms with Gasteiger partial charge in [-0.3, -0.25) is 9.35 Å². The van der Waals surface area contributed by atoms with Crippen LogP contribution in [0.2, 0.25) is 0 Å². The van der Waals surface area contributed by atoms with E-state index in [9.17, 15) is 32.9 Å². The molecule has 0 unspecified atom stereocenters. The lowest BCUT2D eigenvalue weighted by atomic mass is 9.89. The molecule has 0 bridgehead atoms. The first kappa shape index (κ1) is 26.1. The van der Waals surface area contributed by atoms with Gasteiger partial charge in [0.2, 0.25) is 0 Å². The van der Waals surface area contributed by atoms with Gasteiger partial charge in [0.25, 0.3) is 10.1 Å². The molecule has 0 saturated carbocycles. The minimum absolute atomic E-state index is 0.0416. The van der Waals surface area contributed by atoms with Crippen molar-refractivity contribution in [2.45, 2.75) is 18.4 Å². The number of aliphatic hydroxyl groups excluding tert-OH is 1. The van der Waals surface area contributed by atoms with Crippen molar-refractivity contribution in [3.8, 4) is 22.8 Å². The topological polar surface area (TPSA) is 149 Å². The fraction of sp³-hybridized carbons (Fsp3) is 0.318. The predicted octanol–water partition coefficient (Wildman–Crippen LogP) is 3.06. The van der Waals surface area contributed by atoms with Gasteiger partial charge in [0.05, 0.1) is 12.9 Å². The number of benzene rings is 2. The van der Waals surface area contributed by atoms with Crippen LogP contribution in [0.1, 0.15) is 17.9 Å². The molecule has 1 aliphatic rings. The van der Waals surface area contributed by atoms with Crippen molar-refractivity contribution in [2.24, 2.45) is 0 Å². The summed E-state index contributed by atoms with van der Waals surface area (Å²) in [6, 6.07) is 6.05. The summed E-state index contributed by atoms with van der Waals surface area (Å²) < 4.78 is 46.2. The Morgan fingerprint density at radius 1 is 1.21 bits per heavy atom. The summed E-state index contributed by atoms with van der Waals surface area (Å²) in [5.41, 5.74) is 0.218. The highest BCUT2D eigenvalue weighted by molar-refractivity contribution is 9.10. The first-order valence-electron chi connectivity index (χ1n) is 10.0. The maximum absolute atomic E-state index is 13.8. The summed E-state index contributed by atoms with van der Waals surface area (Å²) in [4.78, 5) is 14.8. The molecule has 2 atom stereocenters. The van der Waals surface area contributed by atoms with Gasteiger partial charge in [0, 0.05) is 39.7 Å². The highest BCUT2D eigenvalue weighted by Gasteiger charge is 2.36. The van der Waals surface area contributed by atoms with E-state index >= 15 is 0 Å². The van der Waals surface area contributed by atoms with E-state index in [-0.39, 0.29) is 41.0 Å². The van der Waals surface area contributed by atoms with E-state index in [0.29, 0.717) is 34.8 Å². The molecule has 2 heterocycles. The van der Waals surface area contributed by atoms with Gasteiger partial charge >= 0.3 is 0 Å². The van der Waals surface area contributed by atoms with Crippen molar-refractivity contribution in [2.75, 3.05) is 26.5 Å². The monoisotopic (exact) mass is 559 g/mol. The van der Waals surface area contributed by atoms with Crippen LogP contribution in [0.15, 0.2) is 44.0 Å². The van der Waals surface area contributed by atoms with Crippen molar-refractivity contribution >= 4 is 37.0 Å². The molecular weight excluding hydrogens is 537 g/mol. The van der Waals surface area contributed by atoms with Crippen LogP contribution in [0.3, 0.4) is 0 Å². The van der Waals surface area contributed by atoms with Crippen LogP contribution in [-0.4, -0.2) is 65.7 Å². The standard InChI is InChI=1S/C21H19BrFNO5.CH4O3S/c1-24-5-4-11(14(24)9-25)19-15(26)7-16(27)20-17(28)8-18(29-21(19)20)12-6-10(23)2-3-13(12)22;1-5(2,3)4/h2-3,6-8,11,14,25-27H,4-5,9H2,1H3;1H3,(H,2,3,4)/t11-,14+;/m1./s1. The number of rotatable bonds is 3. The van der Waals surface area contributed by atoms with Gasteiger partial charge in [0.15, 0.2) is 5.43 Å². The molecule has 2 aromatic carbocycles. The quantitative estimate of drug-likeness (QED) is 0.355. The zero-order valence-corrected chi connectivity index (χ0v) is 20.6. The Kier molecular flexibility index (Phi) is 7.68. The lowest BCUT2D eigenvalue weighted by Gasteiger charge is -2.24. The highest BCUT2D eigenvalue weighted by Crippen LogP contribution is 2.44. The number of phenolic OH excluding ortho intramolecular Hbond substituents is 2. The first-order valence-corrected chi connectivity index (χ1v) is 12.7. The Balaban J connectivity index is 0.000000588. The Bertz CT molecular complexity index is 1380. The Morgan fingerprint density at radius 3 is 2.47 bits per heavy atom. The normalized spacial score (nSPS) is 18.6. The van der Waals surface area contributed by atoms with Gasteiger partial charge < -0.3 is 24.6 Å². The summed E-state index contributed by atoms with van der Waals surface area (Å²) in [5, 5.41) is 30.7. The summed E-state index contributed by atoms with van der Waals surface area (Å²) >= 11 is 3.33. The van der Waals surface area contributed by atoms with Gasteiger partial charge in [-0.25, -0.2) is 4.39 Å². The second kappa shape index (κ2) is 10.0. The van der Waals surface area contributed by atoms with E-state index in [4.69, 9.17) is 8.97 Å². The average molecular weight is 560 g/mol. The number of likely N-dealkylation sites (tertiary alicyclic amines) is 1. The molecular formula is C22H23BrFNO8S. The average Bonchev–Trinajstić information content (AvgIpc) is 3.08. The number of aromatic hydroxyl groups is 2. The summed E-state index contributed by atoms with van der Waals surface area (Å²) in [5.74, 6) is -1.31. The van der Waals surface area contributed by atoms with Crippen molar-refractivity contribution in [1.29, 1.82) is 0 Å². The highest BCUT2D eigenvalue weighted by atomic mass is 79.9. The fourth-order valence-electron chi connectivity index (χ4n) is 4.11. The van der Waals surface area contributed by atoms with E-state index < -0.39 is 27.1 Å². The molecule has 0 radical (unpaired) electrons. The molecule has 12 heteroatoms. The van der Waals surface area contributed by atoms with Crippen molar-refractivity contribution in [3.05, 3.63) is 56.4 Å². The second-order valence-electron chi connectivity index (χ2n) is 7.99. The fourth-order valence-corrected chi connectivity index (χ4v) is 4.55. The van der Waals surface area contributed by atoms with E-state index in [1.165, 1.54) is 24.3 Å². The molecule has 0 spiro atoms. The molecule has 1 aromatic heterocycles. The first-order chi connectivity index (χ1) is 15.8. The smallest absolute Gasteiger partial charge is 0.261 e. The van der Waals surface area contributed by atoms with Crippen LogP contribution in [-0.2, 0) is 10.1 Å². The van der Waals surface area contributed by atoms with E-state index in [2.05, 4.69) is 15.9 Å². The van der Waals surface area contributed by atoms with Crippen LogP contribution in [0.25, 0.3) is 22.3 Å². The van der Waals surface area contributed by atoms with Gasteiger partial charge in [-0.2, -0.15) is 8.42 Å². The molecule has 3 aromatic rings. The number of phenols is 2. The summed E-state index contributed by atoms with van der Waals surface area (Å²) in [6.45, 7) is 0.555. The predicted molar refractivity (Wildman–Crippen MR) is 127 cm³/mol. The number of nitrogens with zero attached hydrogens (tertiary/aromatic N) is 1. The van der Waals surface area contributed by atoms with Crippen LogP contribution in [0.5, 0.6) is 11.5 Å². The third kappa shape index (κ3) is 5.58. The zero-order valence-electron chi connectivity index (χ0n) is 18.2. The summed E-state index contributed by atoms with van der Waals surface area (Å²) in [7, 11) is -1.80.